The lowest BCUT2D eigenvalue weighted by Crippen LogP contribution is -2.24. The number of rotatable bonds is 5. The predicted octanol–water partition coefficient (Wildman–Crippen LogP) is 0.359. The van der Waals surface area contributed by atoms with Crippen molar-refractivity contribution in [3.63, 3.8) is 0 Å². The third kappa shape index (κ3) is 2.65. The van der Waals surface area contributed by atoms with Crippen LogP contribution in [0.5, 0.6) is 0 Å². The van der Waals surface area contributed by atoms with E-state index in [9.17, 15) is 4.79 Å². The molecule has 90 valence electrons. The third-order valence-electron chi connectivity index (χ3n) is 2.51. The zero-order chi connectivity index (χ0) is 12.3. The zero-order valence-electron chi connectivity index (χ0n) is 9.64. The maximum absolute atomic E-state index is 11.0. The number of furan rings is 1. The molecule has 0 aromatic carbocycles. The van der Waals surface area contributed by atoms with Crippen LogP contribution in [0.1, 0.15) is 6.92 Å². The summed E-state index contributed by atoms with van der Waals surface area (Å²) in [6, 6.07) is 1.73. The summed E-state index contributed by atoms with van der Waals surface area (Å²) in [4.78, 5) is 11.0. The van der Waals surface area contributed by atoms with Crippen LogP contribution in [0.3, 0.4) is 0 Å². The molecule has 1 atom stereocenters. The Morgan fingerprint density at radius 3 is 2.94 bits per heavy atom. The molecule has 1 aliphatic heterocycles. The first-order chi connectivity index (χ1) is 8.26. The van der Waals surface area contributed by atoms with Crippen LogP contribution < -0.4 is 10.6 Å². The molecule has 0 spiro atoms. The molecule has 0 bridgehead atoms. The standard InChI is InChI=1S/C13H14O4/c1-3-10(6-14)13(17-8-11-7-16-11)12-4-5-15-9(12)2/h3-6,11H,2,7-8H2,1H3/b10-3-,13-12+. The second-order valence-corrected chi connectivity index (χ2v) is 3.71. The number of allylic oxidation sites excluding steroid dienone is 1. The molecule has 4 nitrogen and oxygen atoms in total. The van der Waals surface area contributed by atoms with Gasteiger partial charge >= 0.3 is 0 Å². The van der Waals surface area contributed by atoms with E-state index in [1.54, 1.807) is 19.1 Å². The summed E-state index contributed by atoms with van der Waals surface area (Å²) >= 11 is 0. The Bertz CT molecular complexity index is 534. The minimum atomic E-state index is 0.134. The fourth-order valence-electron chi connectivity index (χ4n) is 1.45. The molecule has 1 aromatic rings. The van der Waals surface area contributed by atoms with E-state index in [0.717, 1.165) is 6.29 Å². The number of hydrogen-bond donors (Lipinski definition) is 0. The van der Waals surface area contributed by atoms with E-state index in [2.05, 4.69) is 6.58 Å². The van der Waals surface area contributed by atoms with Gasteiger partial charge in [-0.3, -0.25) is 4.79 Å². The van der Waals surface area contributed by atoms with Crippen molar-refractivity contribution in [2.75, 3.05) is 13.2 Å². The highest BCUT2D eigenvalue weighted by atomic mass is 16.6. The maximum atomic E-state index is 11.0. The minimum absolute atomic E-state index is 0.134. The van der Waals surface area contributed by atoms with Crippen LogP contribution in [0.15, 0.2) is 28.4 Å². The van der Waals surface area contributed by atoms with Gasteiger partial charge in [0, 0.05) is 0 Å². The molecule has 1 aromatic heterocycles. The van der Waals surface area contributed by atoms with Crippen LogP contribution >= 0.6 is 0 Å². The molecule has 0 N–H and O–H groups in total. The summed E-state index contributed by atoms with van der Waals surface area (Å²) in [5.41, 5.74) is 0.967. The van der Waals surface area contributed by atoms with Crippen LogP contribution in [0.4, 0.5) is 0 Å². The molecule has 0 amide bonds. The fourth-order valence-corrected chi connectivity index (χ4v) is 1.45. The average Bonchev–Trinajstić information content (AvgIpc) is 3.07. The lowest BCUT2D eigenvalue weighted by atomic mass is 10.2. The van der Waals surface area contributed by atoms with Gasteiger partial charge < -0.3 is 13.9 Å². The van der Waals surface area contributed by atoms with Crippen molar-refractivity contribution in [2.24, 2.45) is 0 Å². The molecule has 2 rings (SSSR count). The summed E-state index contributed by atoms with van der Waals surface area (Å²) in [6.07, 6.45) is 4.11. The number of ether oxygens (including phenoxy) is 2. The number of aldehydes is 1. The lowest BCUT2D eigenvalue weighted by molar-refractivity contribution is -0.104. The van der Waals surface area contributed by atoms with Gasteiger partial charge in [-0.05, 0) is 13.0 Å². The predicted molar refractivity (Wildman–Crippen MR) is 62.4 cm³/mol. The van der Waals surface area contributed by atoms with Gasteiger partial charge in [0.15, 0.2) is 6.29 Å². The van der Waals surface area contributed by atoms with E-state index in [1.807, 2.05) is 0 Å². The van der Waals surface area contributed by atoms with Crippen molar-refractivity contribution in [2.45, 2.75) is 13.0 Å². The Morgan fingerprint density at radius 1 is 1.71 bits per heavy atom. The highest BCUT2D eigenvalue weighted by molar-refractivity contribution is 5.89. The maximum Gasteiger partial charge on any atom is 0.153 e. The molecule has 0 radical (unpaired) electrons. The van der Waals surface area contributed by atoms with E-state index < -0.39 is 0 Å². The molecule has 1 fully saturated rings. The molecule has 2 heterocycles. The van der Waals surface area contributed by atoms with Gasteiger partial charge in [-0.25, -0.2) is 0 Å². The van der Waals surface area contributed by atoms with E-state index in [-0.39, 0.29) is 6.10 Å². The van der Waals surface area contributed by atoms with Crippen LogP contribution in [0.2, 0.25) is 0 Å². The number of carbonyl (C=O) groups excluding carboxylic acids is 1. The molecule has 0 saturated carbocycles. The second kappa shape index (κ2) is 5.01. The van der Waals surface area contributed by atoms with Gasteiger partial charge in [0.1, 0.15) is 23.9 Å². The topological polar surface area (TPSA) is 52.0 Å². The number of carbonyl (C=O) groups is 1. The Balaban J connectivity index is 2.39. The summed E-state index contributed by atoms with van der Waals surface area (Å²) in [7, 11) is 0. The van der Waals surface area contributed by atoms with E-state index in [0.29, 0.717) is 35.2 Å². The van der Waals surface area contributed by atoms with Crippen LogP contribution in [-0.2, 0) is 14.3 Å². The average molecular weight is 234 g/mol. The van der Waals surface area contributed by atoms with Crippen molar-refractivity contribution in [3.8, 4) is 0 Å². The molecule has 1 aliphatic rings. The fraction of sp³-hybridized carbons (Fsp3) is 0.308. The molecular formula is C13H14O4. The van der Waals surface area contributed by atoms with Gasteiger partial charge in [-0.2, -0.15) is 0 Å². The zero-order valence-corrected chi connectivity index (χ0v) is 9.64. The number of hydrogen-bond acceptors (Lipinski definition) is 4. The summed E-state index contributed by atoms with van der Waals surface area (Å²) < 4.78 is 15.8. The van der Waals surface area contributed by atoms with Gasteiger partial charge in [-0.15, -0.1) is 0 Å². The summed E-state index contributed by atoms with van der Waals surface area (Å²) in [6.45, 7) is 6.68. The molecule has 0 aliphatic carbocycles. The lowest BCUT2D eigenvalue weighted by Gasteiger charge is -2.07. The first-order valence-electron chi connectivity index (χ1n) is 5.39. The Kier molecular flexibility index (Phi) is 3.44. The second-order valence-electron chi connectivity index (χ2n) is 3.71. The molecule has 4 heteroatoms. The van der Waals surface area contributed by atoms with E-state index >= 15 is 0 Å². The smallest absolute Gasteiger partial charge is 0.153 e. The van der Waals surface area contributed by atoms with Gasteiger partial charge in [-0.1, -0.05) is 12.7 Å². The minimum Gasteiger partial charge on any atom is -0.489 e. The first-order valence-corrected chi connectivity index (χ1v) is 5.39. The third-order valence-corrected chi connectivity index (χ3v) is 2.51. The van der Waals surface area contributed by atoms with Crippen LogP contribution in [0, 0.1) is 0 Å². The number of epoxide rings is 1. The quantitative estimate of drug-likeness (QED) is 0.419. The molecule has 17 heavy (non-hydrogen) atoms. The monoisotopic (exact) mass is 234 g/mol. The van der Waals surface area contributed by atoms with E-state index in [1.165, 1.54) is 6.26 Å². The van der Waals surface area contributed by atoms with Crippen molar-refractivity contribution < 1.29 is 18.7 Å². The van der Waals surface area contributed by atoms with Crippen molar-refractivity contribution in [3.05, 3.63) is 34.6 Å². The highest BCUT2D eigenvalue weighted by Crippen LogP contribution is 2.15. The van der Waals surface area contributed by atoms with Gasteiger partial charge in [0.05, 0.1) is 23.7 Å². The molecule has 1 saturated heterocycles. The van der Waals surface area contributed by atoms with Crippen LogP contribution in [0.25, 0.3) is 12.3 Å². The van der Waals surface area contributed by atoms with Gasteiger partial charge in [0.2, 0.25) is 0 Å². The van der Waals surface area contributed by atoms with E-state index in [4.69, 9.17) is 13.9 Å². The summed E-state index contributed by atoms with van der Waals surface area (Å²) in [5, 5.41) is 0.700. The first kappa shape index (κ1) is 11.7. The van der Waals surface area contributed by atoms with Crippen molar-refractivity contribution >= 4 is 18.6 Å². The van der Waals surface area contributed by atoms with Crippen molar-refractivity contribution in [1.82, 2.24) is 0 Å². The SMILES string of the molecule is C=c1occ/c1=C(OCC1CO1)/C(C=O)=C\C. The Labute approximate surface area is 98.8 Å². The largest absolute Gasteiger partial charge is 0.489 e. The molecular weight excluding hydrogens is 220 g/mol. The van der Waals surface area contributed by atoms with Crippen LogP contribution in [-0.4, -0.2) is 25.6 Å². The van der Waals surface area contributed by atoms with Crippen molar-refractivity contribution in [1.29, 1.82) is 0 Å². The Morgan fingerprint density at radius 2 is 2.47 bits per heavy atom. The normalized spacial score (nSPS) is 21.0. The Hall–Kier alpha value is -1.81. The molecule has 1 unspecified atom stereocenters. The summed E-state index contributed by atoms with van der Waals surface area (Å²) in [5.74, 6) is 0.497. The van der Waals surface area contributed by atoms with Gasteiger partial charge in [0.25, 0.3) is 0 Å². The highest BCUT2D eigenvalue weighted by Gasteiger charge is 2.24.